The molecule has 2 rings (SSSR count). The van der Waals surface area contributed by atoms with Crippen molar-refractivity contribution in [3.63, 3.8) is 0 Å². The van der Waals surface area contributed by atoms with Gasteiger partial charge in [-0.15, -0.1) is 0 Å². The van der Waals surface area contributed by atoms with E-state index >= 15 is 0 Å². The fourth-order valence-electron chi connectivity index (χ4n) is 2.96. The zero-order valence-corrected chi connectivity index (χ0v) is 14.2. The first-order valence-electron chi connectivity index (χ1n) is 8.46. The molecular weight excluding hydrogens is 274 g/mol. The number of anilines is 1. The van der Waals surface area contributed by atoms with E-state index in [0.717, 1.165) is 43.0 Å². The lowest BCUT2D eigenvalue weighted by atomic mass is 10.1. The number of benzene rings is 1. The summed E-state index contributed by atoms with van der Waals surface area (Å²) >= 11 is 0. The molecule has 122 valence electrons. The van der Waals surface area contributed by atoms with Crippen LogP contribution in [0.2, 0.25) is 0 Å². The van der Waals surface area contributed by atoms with Crippen LogP contribution in [0.3, 0.4) is 0 Å². The van der Waals surface area contributed by atoms with Crippen molar-refractivity contribution in [3.05, 3.63) is 29.3 Å². The number of aryl methyl sites for hydroxylation is 2. The van der Waals surface area contributed by atoms with Crippen molar-refractivity contribution < 1.29 is 4.79 Å². The maximum Gasteiger partial charge on any atom is 0.321 e. The Morgan fingerprint density at radius 1 is 1.09 bits per heavy atom. The molecule has 4 heteroatoms. The van der Waals surface area contributed by atoms with Gasteiger partial charge in [-0.2, -0.15) is 0 Å². The highest BCUT2D eigenvalue weighted by atomic mass is 16.2. The molecule has 1 fully saturated rings. The third-order valence-corrected chi connectivity index (χ3v) is 4.45. The highest BCUT2D eigenvalue weighted by Crippen LogP contribution is 2.20. The number of hydrogen-bond donors (Lipinski definition) is 1. The average molecular weight is 303 g/mol. The number of carbonyl (C=O) groups excluding carboxylic acids is 1. The highest BCUT2D eigenvalue weighted by Gasteiger charge is 2.21. The molecule has 1 aliphatic heterocycles. The largest absolute Gasteiger partial charge is 0.322 e. The van der Waals surface area contributed by atoms with Crippen LogP contribution in [0.1, 0.15) is 37.3 Å². The van der Waals surface area contributed by atoms with Crippen molar-refractivity contribution >= 4 is 11.7 Å². The number of piperazine rings is 1. The van der Waals surface area contributed by atoms with Crippen LogP contribution < -0.4 is 5.32 Å². The Morgan fingerprint density at radius 3 is 2.32 bits per heavy atom. The first kappa shape index (κ1) is 16.8. The van der Waals surface area contributed by atoms with Gasteiger partial charge < -0.3 is 10.2 Å². The zero-order valence-electron chi connectivity index (χ0n) is 14.2. The summed E-state index contributed by atoms with van der Waals surface area (Å²) in [5, 5.41) is 3.08. The second-order valence-corrected chi connectivity index (χ2v) is 6.23. The Kier molecular flexibility index (Phi) is 6.25. The fraction of sp³-hybridized carbons (Fsp3) is 0.611. The van der Waals surface area contributed by atoms with Gasteiger partial charge in [0.2, 0.25) is 0 Å². The van der Waals surface area contributed by atoms with Crippen LogP contribution in [0.25, 0.3) is 0 Å². The predicted octanol–water partition coefficient (Wildman–Crippen LogP) is 3.64. The Labute approximate surface area is 134 Å². The Balaban J connectivity index is 1.82. The third-order valence-electron chi connectivity index (χ3n) is 4.45. The number of unbranched alkanes of at least 4 members (excludes halogenated alkanes) is 2. The van der Waals surface area contributed by atoms with Crippen molar-refractivity contribution in [3.8, 4) is 0 Å². The molecule has 1 saturated heterocycles. The van der Waals surface area contributed by atoms with Crippen LogP contribution in [0, 0.1) is 13.8 Å². The van der Waals surface area contributed by atoms with Crippen molar-refractivity contribution in [1.82, 2.24) is 9.80 Å². The maximum atomic E-state index is 12.4. The van der Waals surface area contributed by atoms with E-state index in [1.807, 2.05) is 36.9 Å². The van der Waals surface area contributed by atoms with E-state index in [4.69, 9.17) is 0 Å². The van der Waals surface area contributed by atoms with Crippen LogP contribution in [0.4, 0.5) is 10.5 Å². The number of urea groups is 1. The molecule has 0 aromatic heterocycles. The molecule has 1 aromatic carbocycles. The van der Waals surface area contributed by atoms with E-state index in [1.165, 1.54) is 25.8 Å². The molecule has 2 amide bonds. The molecule has 0 radical (unpaired) electrons. The van der Waals surface area contributed by atoms with Gasteiger partial charge in [0.1, 0.15) is 0 Å². The molecule has 4 nitrogen and oxygen atoms in total. The van der Waals surface area contributed by atoms with E-state index in [2.05, 4.69) is 17.1 Å². The van der Waals surface area contributed by atoms with E-state index in [0.29, 0.717) is 0 Å². The van der Waals surface area contributed by atoms with E-state index in [9.17, 15) is 4.79 Å². The van der Waals surface area contributed by atoms with Gasteiger partial charge in [0, 0.05) is 31.9 Å². The molecule has 1 N–H and O–H groups in total. The van der Waals surface area contributed by atoms with Crippen LogP contribution in [0.15, 0.2) is 18.2 Å². The Morgan fingerprint density at radius 2 is 1.73 bits per heavy atom. The summed E-state index contributed by atoms with van der Waals surface area (Å²) < 4.78 is 0. The summed E-state index contributed by atoms with van der Waals surface area (Å²) in [5.74, 6) is 0. The Hall–Kier alpha value is -1.55. The third kappa shape index (κ3) is 4.47. The second-order valence-electron chi connectivity index (χ2n) is 6.23. The number of para-hydroxylation sites is 1. The summed E-state index contributed by atoms with van der Waals surface area (Å²) in [6.07, 6.45) is 3.83. The second kappa shape index (κ2) is 8.18. The first-order chi connectivity index (χ1) is 10.6. The summed E-state index contributed by atoms with van der Waals surface area (Å²) in [5.41, 5.74) is 3.19. The molecule has 1 aliphatic rings. The van der Waals surface area contributed by atoms with Crippen molar-refractivity contribution in [2.75, 3.05) is 38.0 Å². The summed E-state index contributed by atoms with van der Waals surface area (Å²) in [6, 6.07) is 6.13. The van der Waals surface area contributed by atoms with Gasteiger partial charge in [-0.05, 0) is 37.9 Å². The molecule has 0 aliphatic carbocycles. The van der Waals surface area contributed by atoms with Crippen molar-refractivity contribution in [2.45, 2.75) is 40.0 Å². The standard InChI is InChI=1S/C18H29N3O/c1-4-5-6-10-20-11-13-21(14-12-20)18(22)19-17-15(2)8-7-9-16(17)3/h7-9H,4-6,10-14H2,1-3H3,(H,19,22). The van der Waals surface area contributed by atoms with Crippen LogP contribution >= 0.6 is 0 Å². The number of nitrogens with zero attached hydrogens (tertiary/aromatic N) is 2. The monoisotopic (exact) mass is 303 g/mol. The summed E-state index contributed by atoms with van der Waals surface area (Å²) in [7, 11) is 0. The fourth-order valence-corrected chi connectivity index (χ4v) is 2.96. The smallest absolute Gasteiger partial charge is 0.321 e. The van der Waals surface area contributed by atoms with Crippen LogP contribution in [-0.2, 0) is 0 Å². The zero-order chi connectivity index (χ0) is 15.9. The number of rotatable bonds is 5. The Bertz CT molecular complexity index is 473. The molecule has 0 atom stereocenters. The van der Waals surface area contributed by atoms with Gasteiger partial charge in [-0.1, -0.05) is 38.0 Å². The molecule has 22 heavy (non-hydrogen) atoms. The lowest BCUT2D eigenvalue weighted by Gasteiger charge is -2.34. The predicted molar refractivity (Wildman–Crippen MR) is 92.5 cm³/mol. The van der Waals surface area contributed by atoms with Crippen molar-refractivity contribution in [2.24, 2.45) is 0 Å². The molecule has 0 unspecified atom stereocenters. The number of nitrogens with one attached hydrogen (secondary N) is 1. The minimum absolute atomic E-state index is 0.0330. The first-order valence-corrected chi connectivity index (χ1v) is 8.46. The normalized spacial score (nSPS) is 15.9. The van der Waals surface area contributed by atoms with E-state index in [-0.39, 0.29) is 6.03 Å². The molecular formula is C18H29N3O. The lowest BCUT2D eigenvalue weighted by molar-refractivity contribution is 0.146. The quantitative estimate of drug-likeness (QED) is 0.843. The molecule has 0 spiro atoms. The number of carbonyl (C=O) groups is 1. The van der Waals surface area contributed by atoms with Gasteiger partial charge >= 0.3 is 6.03 Å². The van der Waals surface area contributed by atoms with E-state index in [1.54, 1.807) is 0 Å². The van der Waals surface area contributed by atoms with Gasteiger partial charge in [0.15, 0.2) is 0 Å². The van der Waals surface area contributed by atoms with Gasteiger partial charge in [-0.25, -0.2) is 4.79 Å². The van der Waals surface area contributed by atoms with Gasteiger partial charge in [-0.3, -0.25) is 4.90 Å². The minimum Gasteiger partial charge on any atom is -0.322 e. The minimum atomic E-state index is 0.0330. The lowest BCUT2D eigenvalue weighted by Crippen LogP contribution is -2.50. The SMILES string of the molecule is CCCCCN1CCN(C(=O)Nc2c(C)cccc2C)CC1. The molecule has 0 bridgehead atoms. The van der Waals surface area contributed by atoms with Crippen LogP contribution in [-0.4, -0.2) is 48.6 Å². The number of amides is 2. The summed E-state index contributed by atoms with van der Waals surface area (Å²) in [4.78, 5) is 16.8. The van der Waals surface area contributed by atoms with E-state index < -0.39 is 0 Å². The molecule has 0 saturated carbocycles. The molecule has 1 heterocycles. The molecule has 1 aromatic rings. The van der Waals surface area contributed by atoms with Gasteiger partial charge in [0.05, 0.1) is 0 Å². The number of hydrogen-bond acceptors (Lipinski definition) is 2. The van der Waals surface area contributed by atoms with Crippen molar-refractivity contribution in [1.29, 1.82) is 0 Å². The average Bonchev–Trinajstić information content (AvgIpc) is 2.52. The maximum absolute atomic E-state index is 12.4. The van der Waals surface area contributed by atoms with Crippen LogP contribution in [0.5, 0.6) is 0 Å². The highest BCUT2D eigenvalue weighted by molar-refractivity contribution is 5.91. The summed E-state index contributed by atoms with van der Waals surface area (Å²) in [6.45, 7) is 11.1. The van der Waals surface area contributed by atoms with Gasteiger partial charge in [0.25, 0.3) is 0 Å². The topological polar surface area (TPSA) is 35.6 Å².